The monoisotopic (exact) mass is 368 g/mol. The van der Waals surface area contributed by atoms with Crippen LogP contribution in [0.1, 0.15) is 5.56 Å². The Bertz CT molecular complexity index is 925. The lowest BCUT2D eigenvalue weighted by Gasteiger charge is -2.13. The lowest BCUT2D eigenvalue weighted by atomic mass is 10.1. The quantitative estimate of drug-likeness (QED) is 0.671. The highest BCUT2D eigenvalue weighted by Gasteiger charge is 2.07. The minimum absolute atomic E-state index is 0.203. The van der Waals surface area contributed by atoms with Crippen molar-refractivity contribution in [2.75, 3.05) is 26.0 Å². The molecule has 0 bridgehead atoms. The van der Waals surface area contributed by atoms with E-state index in [1.54, 1.807) is 32.3 Å². The SMILES string of the molecule is CN(C)C(=O)Nc1ccc(OCCc2ccc3ccccc3c2)c(Cl)c1. The number of nitrogens with one attached hydrogen (secondary N) is 1. The zero-order valence-corrected chi connectivity index (χ0v) is 15.6. The molecule has 0 aromatic heterocycles. The Morgan fingerprint density at radius 1 is 1.04 bits per heavy atom. The van der Waals surface area contributed by atoms with Gasteiger partial charge in [0.1, 0.15) is 5.75 Å². The zero-order valence-electron chi connectivity index (χ0n) is 14.8. The number of carbonyl (C=O) groups excluding carboxylic acids is 1. The van der Waals surface area contributed by atoms with Crippen molar-refractivity contribution in [1.82, 2.24) is 4.90 Å². The molecule has 3 rings (SSSR count). The van der Waals surface area contributed by atoms with E-state index in [0.717, 1.165) is 6.42 Å². The first kappa shape index (κ1) is 18.1. The fourth-order valence-electron chi connectivity index (χ4n) is 2.60. The first-order valence-electron chi connectivity index (χ1n) is 8.41. The molecule has 0 aliphatic rings. The molecular formula is C21H21ClN2O2. The second-order valence-electron chi connectivity index (χ2n) is 6.25. The Hall–Kier alpha value is -2.72. The highest BCUT2D eigenvalue weighted by Crippen LogP contribution is 2.28. The van der Waals surface area contributed by atoms with Gasteiger partial charge in [-0.1, -0.05) is 54.1 Å². The van der Waals surface area contributed by atoms with Crippen molar-refractivity contribution < 1.29 is 9.53 Å². The second-order valence-corrected chi connectivity index (χ2v) is 6.66. The van der Waals surface area contributed by atoms with E-state index in [0.29, 0.717) is 23.1 Å². The van der Waals surface area contributed by atoms with E-state index in [1.807, 2.05) is 12.1 Å². The maximum absolute atomic E-state index is 11.7. The third kappa shape index (κ3) is 4.46. The van der Waals surface area contributed by atoms with Gasteiger partial charge in [0.25, 0.3) is 0 Å². The van der Waals surface area contributed by atoms with Crippen molar-refractivity contribution in [3.05, 3.63) is 71.2 Å². The Kier molecular flexibility index (Phi) is 5.64. The predicted octanol–water partition coefficient (Wildman–Crippen LogP) is 5.21. The van der Waals surface area contributed by atoms with Crippen LogP contribution in [0.3, 0.4) is 0 Å². The van der Waals surface area contributed by atoms with Crippen LogP contribution in [0.2, 0.25) is 5.02 Å². The standard InChI is InChI=1S/C21H21ClN2O2/c1-24(2)21(25)23-18-9-10-20(19(22)14-18)26-12-11-15-7-8-16-5-3-4-6-17(16)13-15/h3-10,13-14H,11-12H2,1-2H3,(H,23,25). The van der Waals surface area contributed by atoms with Gasteiger partial charge < -0.3 is 15.0 Å². The normalized spacial score (nSPS) is 10.6. The van der Waals surface area contributed by atoms with Gasteiger partial charge in [0, 0.05) is 26.2 Å². The first-order chi connectivity index (χ1) is 12.5. The third-order valence-corrected chi connectivity index (χ3v) is 4.35. The van der Waals surface area contributed by atoms with Crippen LogP contribution in [0.25, 0.3) is 10.8 Å². The van der Waals surface area contributed by atoms with Crippen LogP contribution in [0.15, 0.2) is 60.7 Å². The van der Waals surface area contributed by atoms with Crippen molar-refractivity contribution in [2.45, 2.75) is 6.42 Å². The fraction of sp³-hybridized carbons (Fsp3) is 0.190. The number of benzene rings is 3. The number of halogens is 1. The van der Waals surface area contributed by atoms with Crippen molar-refractivity contribution in [1.29, 1.82) is 0 Å². The summed E-state index contributed by atoms with van der Waals surface area (Å²) in [4.78, 5) is 13.1. The summed E-state index contributed by atoms with van der Waals surface area (Å²) in [5.74, 6) is 0.607. The molecular weight excluding hydrogens is 348 g/mol. The average Bonchev–Trinajstić information content (AvgIpc) is 2.63. The molecule has 0 saturated heterocycles. The van der Waals surface area contributed by atoms with Crippen LogP contribution in [-0.4, -0.2) is 31.6 Å². The molecule has 0 fully saturated rings. The van der Waals surface area contributed by atoms with Gasteiger partial charge in [0.15, 0.2) is 0 Å². The predicted molar refractivity (Wildman–Crippen MR) is 107 cm³/mol. The van der Waals surface area contributed by atoms with Gasteiger partial charge in [0.05, 0.1) is 11.6 Å². The smallest absolute Gasteiger partial charge is 0.321 e. The van der Waals surface area contributed by atoms with Crippen molar-refractivity contribution in [3.63, 3.8) is 0 Å². The van der Waals surface area contributed by atoms with E-state index >= 15 is 0 Å². The number of hydrogen-bond acceptors (Lipinski definition) is 2. The molecule has 0 aliphatic carbocycles. The number of carbonyl (C=O) groups is 1. The van der Waals surface area contributed by atoms with Crippen LogP contribution in [0, 0.1) is 0 Å². The molecule has 2 amide bonds. The highest BCUT2D eigenvalue weighted by molar-refractivity contribution is 6.32. The van der Waals surface area contributed by atoms with E-state index < -0.39 is 0 Å². The maximum atomic E-state index is 11.7. The van der Waals surface area contributed by atoms with Gasteiger partial charge in [-0.25, -0.2) is 4.79 Å². The number of ether oxygens (including phenoxy) is 1. The Labute approximate surface area is 158 Å². The van der Waals surface area contributed by atoms with Gasteiger partial charge in [-0.15, -0.1) is 0 Å². The highest BCUT2D eigenvalue weighted by atomic mass is 35.5. The second kappa shape index (κ2) is 8.11. The molecule has 3 aromatic rings. The van der Waals surface area contributed by atoms with E-state index in [1.165, 1.54) is 21.2 Å². The maximum Gasteiger partial charge on any atom is 0.321 e. The Balaban J connectivity index is 1.59. The van der Waals surface area contributed by atoms with Crippen LogP contribution >= 0.6 is 11.6 Å². The van der Waals surface area contributed by atoms with Crippen LogP contribution in [0.4, 0.5) is 10.5 Å². The molecule has 4 nitrogen and oxygen atoms in total. The van der Waals surface area contributed by atoms with Gasteiger partial charge in [0.2, 0.25) is 0 Å². The van der Waals surface area contributed by atoms with Gasteiger partial charge in [-0.3, -0.25) is 0 Å². The summed E-state index contributed by atoms with van der Waals surface area (Å²) in [7, 11) is 3.36. The number of rotatable bonds is 5. The van der Waals surface area contributed by atoms with Gasteiger partial charge >= 0.3 is 6.03 Å². The van der Waals surface area contributed by atoms with Crippen molar-refractivity contribution in [3.8, 4) is 5.75 Å². The van der Waals surface area contributed by atoms with Crippen molar-refractivity contribution in [2.24, 2.45) is 0 Å². The summed E-state index contributed by atoms with van der Waals surface area (Å²) in [6.07, 6.45) is 0.792. The molecule has 1 N–H and O–H groups in total. The molecule has 134 valence electrons. The summed E-state index contributed by atoms with van der Waals surface area (Å²) < 4.78 is 5.81. The van der Waals surface area contributed by atoms with Crippen LogP contribution in [0.5, 0.6) is 5.75 Å². The fourth-order valence-corrected chi connectivity index (χ4v) is 2.84. The summed E-state index contributed by atoms with van der Waals surface area (Å²) in [6.45, 7) is 0.529. The van der Waals surface area contributed by atoms with Crippen LogP contribution in [-0.2, 0) is 6.42 Å². The largest absolute Gasteiger partial charge is 0.492 e. The van der Waals surface area contributed by atoms with Crippen molar-refractivity contribution >= 4 is 34.1 Å². The number of anilines is 1. The summed E-state index contributed by atoms with van der Waals surface area (Å²) in [5, 5.41) is 5.69. The minimum Gasteiger partial charge on any atom is -0.492 e. The molecule has 0 heterocycles. The van der Waals surface area contributed by atoms with E-state index in [2.05, 4.69) is 35.6 Å². The number of fused-ring (bicyclic) bond motifs is 1. The van der Waals surface area contributed by atoms with Gasteiger partial charge in [-0.05, 0) is 34.5 Å². The lowest BCUT2D eigenvalue weighted by Crippen LogP contribution is -2.27. The third-order valence-electron chi connectivity index (χ3n) is 4.05. The molecule has 5 heteroatoms. The number of nitrogens with zero attached hydrogens (tertiary/aromatic N) is 1. The molecule has 0 unspecified atom stereocenters. The topological polar surface area (TPSA) is 41.6 Å². The number of amides is 2. The molecule has 0 radical (unpaired) electrons. The molecule has 0 saturated carbocycles. The Morgan fingerprint density at radius 3 is 2.54 bits per heavy atom. The molecule has 0 spiro atoms. The average molecular weight is 369 g/mol. The van der Waals surface area contributed by atoms with Crippen LogP contribution < -0.4 is 10.1 Å². The summed E-state index contributed by atoms with van der Waals surface area (Å²) in [5.41, 5.74) is 1.85. The molecule has 0 atom stereocenters. The number of hydrogen-bond donors (Lipinski definition) is 1. The molecule has 26 heavy (non-hydrogen) atoms. The summed E-state index contributed by atoms with van der Waals surface area (Å²) in [6, 6.07) is 19.7. The Morgan fingerprint density at radius 2 is 1.81 bits per heavy atom. The minimum atomic E-state index is -0.203. The van der Waals surface area contributed by atoms with E-state index in [9.17, 15) is 4.79 Å². The van der Waals surface area contributed by atoms with Gasteiger partial charge in [-0.2, -0.15) is 0 Å². The molecule has 3 aromatic carbocycles. The zero-order chi connectivity index (χ0) is 18.5. The van der Waals surface area contributed by atoms with E-state index in [4.69, 9.17) is 16.3 Å². The molecule has 0 aliphatic heterocycles. The van der Waals surface area contributed by atoms with E-state index in [-0.39, 0.29) is 6.03 Å². The first-order valence-corrected chi connectivity index (χ1v) is 8.79. The summed E-state index contributed by atoms with van der Waals surface area (Å²) >= 11 is 6.26. The lowest BCUT2D eigenvalue weighted by molar-refractivity contribution is 0.230. The number of urea groups is 1.